The van der Waals surface area contributed by atoms with Crippen molar-refractivity contribution in [3.8, 4) is 0 Å². The van der Waals surface area contributed by atoms with Gasteiger partial charge >= 0.3 is 6.11 Å². The lowest BCUT2D eigenvalue weighted by atomic mass is 10.5. The maximum Gasteiger partial charge on any atom is 0.384 e. The fraction of sp³-hybridized carbons (Fsp3) is 0.667. The van der Waals surface area contributed by atoms with Crippen LogP contribution in [0.2, 0.25) is 0 Å². The molecule has 0 bridgehead atoms. The summed E-state index contributed by atoms with van der Waals surface area (Å²) in [6.45, 7) is 1.02. The molecule has 0 spiro atoms. The number of rotatable bonds is 1. The molecule has 3 heteroatoms. The Morgan fingerprint density at radius 1 is 1.67 bits per heavy atom. The lowest BCUT2D eigenvalue weighted by Crippen LogP contribution is -2.09. The molecule has 0 aromatic rings. The van der Waals surface area contributed by atoms with Gasteiger partial charge in [0, 0.05) is 0 Å². The Labute approximate surface area is 34.6 Å². The van der Waals surface area contributed by atoms with E-state index in [2.05, 4.69) is 0 Å². The monoisotopic (exact) mass is 94.0 g/mol. The predicted octanol–water partition coefficient (Wildman–Crippen LogP) is 1.23. The number of halogens is 2. The highest BCUT2D eigenvalue weighted by Gasteiger charge is 2.22. The predicted molar refractivity (Wildman–Crippen MR) is 15.6 cm³/mol. The van der Waals surface area contributed by atoms with Gasteiger partial charge in [0.25, 0.3) is 0 Å². The van der Waals surface area contributed by atoms with E-state index in [0.717, 1.165) is 6.92 Å². The normalized spacial score (nSPS) is 12.0. The molecule has 1 nitrogen and oxygen atoms in total. The molecule has 0 heterocycles. The molecule has 0 aromatic heterocycles. The summed E-state index contributed by atoms with van der Waals surface area (Å²) < 4.78 is 21.7. The summed E-state index contributed by atoms with van der Waals surface area (Å²) in [6, 6.07) is 0. The van der Waals surface area contributed by atoms with Gasteiger partial charge in [-0.2, -0.15) is 13.9 Å². The lowest BCUT2D eigenvalue weighted by molar-refractivity contribution is -0.213. The summed E-state index contributed by atoms with van der Waals surface area (Å²) in [5.41, 5.74) is 0. The van der Waals surface area contributed by atoms with Crippen molar-refractivity contribution in [1.29, 1.82) is 0 Å². The molecule has 0 N–H and O–H groups in total. The Balaban J connectivity index is 3.17. The van der Waals surface area contributed by atoms with Crippen molar-refractivity contribution in [1.82, 2.24) is 0 Å². The topological polar surface area (TPSA) is 19.9 Å². The van der Waals surface area contributed by atoms with Gasteiger partial charge in [-0.15, -0.1) is 0 Å². The second kappa shape index (κ2) is 1.51. The van der Waals surface area contributed by atoms with Crippen LogP contribution in [0.25, 0.3) is 0 Å². The van der Waals surface area contributed by atoms with Crippen molar-refractivity contribution < 1.29 is 13.9 Å². The molecule has 36 valence electrons. The van der Waals surface area contributed by atoms with Crippen LogP contribution >= 0.6 is 0 Å². The van der Waals surface area contributed by atoms with Crippen LogP contribution in [0, 0.1) is 6.42 Å². The highest BCUT2D eigenvalue weighted by Crippen LogP contribution is 2.10. The molecule has 0 fully saturated rings. The second-order valence-electron chi connectivity index (χ2n) is 0.850. The maximum atomic E-state index is 10.8. The minimum absolute atomic E-state index is 0.299. The fourth-order valence-electron chi connectivity index (χ4n) is 0. The first-order valence-corrected chi connectivity index (χ1v) is 1.45. The summed E-state index contributed by atoms with van der Waals surface area (Å²) in [5, 5.41) is 9.08. The van der Waals surface area contributed by atoms with Crippen LogP contribution in [0.15, 0.2) is 0 Å². The van der Waals surface area contributed by atoms with Crippen LogP contribution in [-0.4, -0.2) is 6.11 Å². The van der Waals surface area contributed by atoms with Crippen LogP contribution in [0.3, 0.4) is 0 Å². The first-order valence-electron chi connectivity index (χ1n) is 1.45. The highest BCUT2D eigenvalue weighted by atomic mass is 19.3. The molecule has 0 atom stereocenters. The summed E-state index contributed by atoms with van der Waals surface area (Å²) in [4.78, 5) is 0. The van der Waals surface area contributed by atoms with Gasteiger partial charge in [0.15, 0.2) is 0 Å². The Morgan fingerprint density at radius 3 is 1.83 bits per heavy atom. The second-order valence-corrected chi connectivity index (χ2v) is 0.850. The first kappa shape index (κ1) is 5.82. The molecule has 0 aliphatic carbocycles. The van der Waals surface area contributed by atoms with Crippen molar-refractivity contribution in [2.24, 2.45) is 0 Å². The van der Waals surface area contributed by atoms with Gasteiger partial charge in [0.2, 0.25) is 0 Å². The molecule has 0 aliphatic heterocycles. The van der Waals surface area contributed by atoms with Crippen molar-refractivity contribution in [3.63, 3.8) is 0 Å². The zero-order valence-corrected chi connectivity index (χ0v) is 3.24. The Bertz CT molecular complexity index is 38.5. The van der Waals surface area contributed by atoms with Gasteiger partial charge in [-0.3, -0.25) is 0 Å². The van der Waals surface area contributed by atoms with E-state index in [0.29, 0.717) is 6.42 Å². The van der Waals surface area contributed by atoms with E-state index >= 15 is 0 Å². The maximum absolute atomic E-state index is 10.8. The van der Waals surface area contributed by atoms with E-state index in [1.807, 2.05) is 0 Å². The van der Waals surface area contributed by atoms with Crippen LogP contribution < -0.4 is 0 Å². The molecule has 0 saturated carbocycles. The average Bonchev–Trinajstić information content (AvgIpc) is 1.35. The largest absolute Gasteiger partial charge is 0.384 e. The molecule has 0 aromatic carbocycles. The molecule has 0 unspecified atom stereocenters. The zero-order valence-electron chi connectivity index (χ0n) is 3.24. The molecular formula is C3H4F2O. The molecule has 6 heavy (non-hydrogen) atoms. The van der Waals surface area contributed by atoms with Gasteiger partial charge < -0.3 is 0 Å². The van der Waals surface area contributed by atoms with Gasteiger partial charge in [0.1, 0.15) is 0 Å². The van der Waals surface area contributed by atoms with Gasteiger partial charge in [-0.25, -0.2) is 0 Å². The van der Waals surface area contributed by atoms with Crippen LogP contribution in [-0.2, 0) is 5.11 Å². The molecule has 0 saturated heterocycles. The average molecular weight is 94.1 g/mol. The third-order valence-corrected chi connectivity index (χ3v) is 0.336. The van der Waals surface area contributed by atoms with Crippen LogP contribution in [0.5, 0.6) is 0 Å². The van der Waals surface area contributed by atoms with E-state index in [9.17, 15) is 8.78 Å². The number of hydrogen-bond donors (Lipinski definition) is 0. The van der Waals surface area contributed by atoms with Crippen molar-refractivity contribution >= 4 is 0 Å². The van der Waals surface area contributed by atoms with Crippen molar-refractivity contribution in [3.05, 3.63) is 6.42 Å². The van der Waals surface area contributed by atoms with Crippen molar-refractivity contribution in [2.45, 2.75) is 13.0 Å². The van der Waals surface area contributed by atoms with Crippen LogP contribution in [0.4, 0.5) is 8.78 Å². The van der Waals surface area contributed by atoms with Gasteiger partial charge in [-0.1, -0.05) is 6.92 Å². The van der Waals surface area contributed by atoms with E-state index in [1.165, 1.54) is 0 Å². The summed E-state index contributed by atoms with van der Waals surface area (Å²) >= 11 is 0. The van der Waals surface area contributed by atoms with E-state index in [-0.39, 0.29) is 0 Å². The number of alkyl halides is 2. The minimum atomic E-state index is -3.83. The molecular weight excluding hydrogens is 90.0 g/mol. The Kier molecular flexibility index (Phi) is 1.47. The summed E-state index contributed by atoms with van der Waals surface area (Å²) in [6.07, 6.45) is -3.53. The van der Waals surface area contributed by atoms with Crippen molar-refractivity contribution in [2.75, 3.05) is 0 Å². The quantitative estimate of drug-likeness (QED) is 0.465. The van der Waals surface area contributed by atoms with E-state index in [4.69, 9.17) is 5.11 Å². The summed E-state index contributed by atoms with van der Waals surface area (Å²) in [7, 11) is 0. The molecule has 0 rings (SSSR count). The van der Waals surface area contributed by atoms with Gasteiger partial charge in [-0.05, 0) is 0 Å². The standard InChI is InChI=1S/C3H4F2O/c1-2-3(4,5)6/h2H,1H3. The van der Waals surface area contributed by atoms with Crippen LogP contribution in [0.1, 0.15) is 6.92 Å². The third-order valence-electron chi connectivity index (χ3n) is 0.336. The highest BCUT2D eigenvalue weighted by molar-refractivity contribution is 4.64. The van der Waals surface area contributed by atoms with E-state index in [1.54, 1.807) is 0 Å². The fourth-order valence-corrected chi connectivity index (χ4v) is 0. The minimum Gasteiger partial charge on any atom is -0.173 e. The molecule has 2 radical (unpaired) electrons. The molecule has 0 amide bonds. The SMILES string of the molecule is C[CH]C([O])(F)F. The third kappa shape index (κ3) is 3.82. The first-order chi connectivity index (χ1) is 2.56. The number of hydrogen-bond acceptors (Lipinski definition) is 0. The van der Waals surface area contributed by atoms with Gasteiger partial charge in [0.05, 0.1) is 6.42 Å². The Hall–Kier alpha value is -0.180. The van der Waals surface area contributed by atoms with E-state index < -0.39 is 6.11 Å². The zero-order chi connectivity index (χ0) is 5.21. The molecule has 0 aliphatic rings. The Morgan fingerprint density at radius 2 is 1.83 bits per heavy atom. The smallest absolute Gasteiger partial charge is 0.173 e. The summed E-state index contributed by atoms with van der Waals surface area (Å²) in [5.74, 6) is 0. The lowest BCUT2D eigenvalue weighted by Gasteiger charge is -1.96.